The molecule has 0 saturated heterocycles. The molecule has 1 unspecified atom stereocenters. The maximum Gasteiger partial charge on any atom is 0.152 e. The van der Waals surface area contributed by atoms with Gasteiger partial charge in [0.05, 0.1) is 0 Å². The first kappa shape index (κ1) is 9.03. The fraction of sp³-hybridized carbons (Fsp3) is 0.571. The summed E-state index contributed by atoms with van der Waals surface area (Å²) in [4.78, 5) is 3.40. The van der Waals surface area contributed by atoms with Crippen molar-refractivity contribution < 1.29 is 5.11 Å². The summed E-state index contributed by atoms with van der Waals surface area (Å²) >= 11 is 2.97. The normalized spacial score (nSPS) is 16.3. The molecule has 0 spiro atoms. The largest absolute Gasteiger partial charge is 0.379 e. The van der Waals surface area contributed by atoms with E-state index >= 15 is 0 Å². The van der Waals surface area contributed by atoms with Crippen LogP contribution in [0, 0.1) is 0 Å². The van der Waals surface area contributed by atoms with Gasteiger partial charge in [0.1, 0.15) is 4.93 Å². The van der Waals surface area contributed by atoms with Gasteiger partial charge in [0.15, 0.2) is 4.34 Å². The summed E-state index contributed by atoms with van der Waals surface area (Å²) in [5, 5.41) is 11.5. The predicted molar refractivity (Wildman–Crippen MR) is 48.9 cm³/mol. The smallest absolute Gasteiger partial charge is 0.152 e. The Balaban J connectivity index is 2.56. The van der Waals surface area contributed by atoms with Gasteiger partial charge < -0.3 is 5.11 Å². The molecule has 0 aliphatic rings. The van der Waals surface area contributed by atoms with Gasteiger partial charge in [-0.3, -0.25) is 0 Å². The fourth-order valence-corrected chi connectivity index (χ4v) is 2.41. The van der Waals surface area contributed by atoms with Crippen LogP contribution in [0.5, 0.6) is 0 Å². The molecule has 1 atom stereocenters. The number of hydrogen-bond donors (Lipinski definition) is 1. The van der Waals surface area contributed by atoms with Gasteiger partial charge in [-0.2, -0.15) is 0 Å². The Hall–Kier alpha value is -0.0600. The lowest BCUT2D eigenvalue weighted by Crippen LogP contribution is -2.16. The van der Waals surface area contributed by atoms with Gasteiger partial charge in [0.2, 0.25) is 0 Å². The molecule has 0 fully saturated rings. The van der Waals surface area contributed by atoms with E-state index < -0.39 is 4.93 Å². The molecule has 0 radical (unpaired) electrons. The molecule has 0 amide bonds. The highest BCUT2D eigenvalue weighted by atomic mass is 32.2. The summed E-state index contributed by atoms with van der Waals surface area (Å²) in [5.74, 6) is 0. The molecule has 1 rings (SSSR count). The van der Waals surface area contributed by atoms with E-state index in [1.807, 2.05) is 12.3 Å². The second-order valence-electron chi connectivity index (χ2n) is 2.43. The first-order chi connectivity index (χ1) is 5.14. The van der Waals surface area contributed by atoms with Crippen molar-refractivity contribution in [3.8, 4) is 0 Å². The van der Waals surface area contributed by atoms with Crippen LogP contribution in [0.15, 0.2) is 15.9 Å². The van der Waals surface area contributed by atoms with E-state index in [4.69, 9.17) is 0 Å². The minimum atomic E-state index is -0.669. The lowest BCUT2D eigenvalue weighted by Gasteiger charge is -2.17. The maximum atomic E-state index is 9.62. The molecular formula is C7H11NOS2. The Morgan fingerprint density at radius 2 is 2.55 bits per heavy atom. The average Bonchev–Trinajstić information content (AvgIpc) is 2.39. The van der Waals surface area contributed by atoms with Crippen LogP contribution in [0.4, 0.5) is 0 Å². The Morgan fingerprint density at radius 1 is 1.82 bits per heavy atom. The van der Waals surface area contributed by atoms with Gasteiger partial charge >= 0.3 is 0 Å². The summed E-state index contributed by atoms with van der Waals surface area (Å²) in [5.41, 5.74) is 0. The van der Waals surface area contributed by atoms with Crippen LogP contribution in [-0.4, -0.2) is 15.0 Å². The summed E-state index contributed by atoms with van der Waals surface area (Å²) < 4.78 is 0.928. The second kappa shape index (κ2) is 3.56. The Morgan fingerprint density at radius 3 is 3.00 bits per heavy atom. The number of aliphatic hydroxyl groups is 1. The molecule has 4 heteroatoms. The highest BCUT2D eigenvalue weighted by molar-refractivity contribution is 8.02. The third-order valence-electron chi connectivity index (χ3n) is 1.37. The van der Waals surface area contributed by atoms with Crippen molar-refractivity contribution in [1.29, 1.82) is 0 Å². The molecule has 0 aliphatic carbocycles. The van der Waals surface area contributed by atoms with Gasteiger partial charge in [-0.1, -0.05) is 18.7 Å². The van der Waals surface area contributed by atoms with Gasteiger partial charge in [-0.05, 0) is 13.3 Å². The number of nitrogens with zero attached hydrogens (tertiary/aromatic N) is 1. The Labute approximate surface area is 74.7 Å². The molecule has 1 N–H and O–H groups in total. The van der Waals surface area contributed by atoms with Crippen molar-refractivity contribution in [2.24, 2.45) is 0 Å². The highest BCUT2D eigenvalue weighted by Gasteiger charge is 2.19. The lowest BCUT2D eigenvalue weighted by atomic mass is 10.3. The van der Waals surface area contributed by atoms with E-state index in [9.17, 15) is 5.11 Å². The number of thiazole rings is 1. The maximum absolute atomic E-state index is 9.62. The van der Waals surface area contributed by atoms with Crippen LogP contribution in [0.25, 0.3) is 0 Å². The summed E-state index contributed by atoms with van der Waals surface area (Å²) in [6.45, 7) is 3.76. The Bertz CT molecular complexity index is 208. The molecule has 0 bridgehead atoms. The average molecular weight is 189 g/mol. The third-order valence-corrected chi connectivity index (χ3v) is 3.48. The van der Waals surface area contributed by atoms with Crippen molar-refractivity contribution >= 4 is 23.1 Å². The van der Waals surface area contributed by atoms with Crippen molar-refractivity contribution in [3.63, 3.8) is 0 Å². The fourth-order valence-electron chi connectivity index (χ4n) is 0.521. The van der Waals surface area contributed by atoms with Crippen LogP contribution in [0.1, 0.15) is 20.3 Å². The van der Waals surface area contributed by atoms with E-state index in [2.05, 4.69) is 4.98 Å². The molecule has 0 aromatic carbocycles. The minimum absolute atomic E-state index is 0.669. The molecular weight excluding hydrogens is 178 g/mol. The van der Waals surface area contributed by atoms with Crippen LogP contribution < -0.4 is 0 Å². The standard InChI is InChI=1S/C7H11NOS2/c1-3-7(2,9)11-6-8-4-5-10-6/h4-5,9H,3H2,1-2H3. The second-order valence-corrected chi connectivity index (χ2v) is 5.05. The number of hydrogen-bond acceptors (Lipinski definition) is 4. The lowest BCUT2D eigenvalue weighted by molar-refractivity contribution is 0.153. The highest BCUT2D eigenvalue weighted by Crippen LogP contribution is 2.33. The molecule has 11 heavy (non-hydrogen) atoms. The molecule has 0 saturated carbocycles. The first-order valence-corrected chi connectivity index (χ1v) is 5.14. The number of aromatic nitrogens is 1. The van der Waals surface area contributed by atoms with Crippen LogP contribution in [0.3, 0.4) is 0 Å². The molecule has 2 nitrogen and oxygen atoms in total. The first-order valence-electron chi connectivity index (χ1n) is 3.45. The van der Waals surface area contributed by atoms with Crippen molar-refractivity contribution in [2.75, 3.05) is 0 Å². The summed E-state index contributed by atoms with van der Waals surface area (Å²) in [6.07, 6.45) is 2.48. The monoisotopic (exact) mass is 189 g/mol. The Kier molecular flexibility index (Phi) is 2.92. The topological polar surface area (TPSA) is 33.1 Å². The number of rotatable bonds is 3. The van der Waals surface area contributed by atoms with Gasteiger partial charge in [0, 0.05) is 11.6 Å². The quantitative estimate of drug-likeness (QED) is 0.585. The van der Waals surface area contributed by atoms with E-state index in [1.54, 1.807) is 24.5 Å². The third kappa shape index (κ3) is 2.81. The SMILES string of the molecule is CCC(C)(O)Sc1nccs1. The van der Waals surface area contributed by atoms with E-state index in [0.717, 1.165) is 10.8 Å². The summed E-state index contributed by atoms with van der Waals surface area (Å²) in [7, 11) is 0. The molecule has 1 aromatic heterocycles. The molecule has 62 valence electrons. The molecule has 1 aromatic rings. The van der Waals surface area contributed by atoms with E-state index in [0.29, 0.717) is 0 Å². The van der Waals surface area contributed by atoms with Crippen LogP contribution in [0.2, 0.25) is 0 Å². The zero-order valence-electron chi connectivity index (χ0n) is 6.57. The van der Waals surface area contributed by atoms with Crippen LogP contribution >= 0.6 is 23.1 Å². The van der Waals surface area contributed by atoms with Crippen molar-refractivity contribution in [3.05, 3.63) is 11.6 Å². The molecule has 1 heterocycles. The van der Waals surface area contributed by atoms with Crippen LogP contribution in [-0.2, 0) is 0 Å². The predicted octanol–water partition coefficient (Wildman–Crippen LogP) is 2.35. The van der Waals surface area contributed by atoms with E-state index in [1.165, 1.54) is 11.8 Å². The van der Waals surface area contributed by atoms with Crippen molar-refractivity contribution in [2.45, 2.75) is 29.5 Å². The zero-order chi connectivity index (χ0) is 8.32. The van der Waals surface area contributed by atoms with Crippen molar-refractivity contribution in [1.82, 2.24) is 4.98 Å². The zero-order valence-corrected chi connectivity index (χ0v) is 8.21. The molecule has 0 aliphatic heterocycles. The van der Waals surface area contributed by atoms with Gasteiger partial charge in [-0.15, -0.1) is 11.3 Å². The minimum Gasteiger partial charge on any atom is -0.379 e. The number of thioether (sulfide) groups is 1. The summed E-state index contributed by atoms with van der Waals surface area (Å²) in [6, 6.07) is 0. The van der Waals surface area contributed by atoms with Gasteiger partial charge in [0.25, 0.3) is 0 Å². The van der Waals surface area contributed by atoms with E-state index in [-0.39, 0.29) is 0 Å². The van der Waals surface area contributed by atoms with Gasteiger partial charge in [-0.25, -0.2) is 4.98 Å².